The van der Waals surface area contributed by atoms with E-state index in [4.69, 9.17) is 4.74 Å². The number of anilines is 1. The molecule has 0 saturated heterocycles. The van der Waals surface area contributed by atoms with Gasteiger partial charge in [-0.3, -0.25) is 9.59 Å². The van der Waals surface area contributed by atoms with Gasteiger partial charge in [0.05, 0.1) is 22.7 Å². The molecular formula is C17H13IN2O3S2. The van der Waals surface area contributed by atoms with Crippen LogP contribution in [0.3, 0.4) is 0 Å². The van der Waals surface area contributed by atoms with E-state index in [9.17, 15) is 9.59 Å². The number of hydrogen-bond acceptors (Lipinski definition) is 6. The fourth-order valence-corrected chi connectivity index (χ4v) is 4.15. The normalized spacial score (nSPS) is 10.4. The van der Waals surface area contributed by atoms with Crippen molar-refractivity contribution in [2.75, 3.05) is 11.9 Å². The summed E-state index contributed by atoms with van der Waals surface area (Å²) in [7, 11) is 0. The van der Waals surface area contributed by atoms with Crippen molar-refractivity contribution in [1.82, 2.24) is 4.98 Å². The van der Waals surface area contributed by atoms with Crippen molar-refractivity contribution in [3.8, 4) is 9.88 Å². The van der Waals surface area contributed by atoms with Gasteiger partial charge in [-0.25, -0.2) is 4.98 Å². The number of nitrogens with zero attached hydrogens (tertiary/aromatic N) is 1. The molecule has 2 aromatic heterocycles. The Morgan fingerprint density at radius 1 is 1.16 bits per heavy atom. The molecule has 1 amide bonds. The first-order valence-corrected chi connectivity index (χ1v) is 10.1. The van der Waals surface area contributed by atoms with E-state index in [1.165, 1.54) is 11.3 Å². The number of para-hydroxylation sites is 1. The van der Waals surface area contributed by atoms with Crippen LogP contribution in [0.15, 0.2) is 47.2 Å². The number of thiazole rings is 1. The smallest absolute Gasteiger partial charge is 0.312 e. The maximum atomic E-state index is 11.9. The second-order valence-corrected chi connectivity index (χ2v) is 7.95. The van der Waals surface area contributed by atoms with Gasteiger partial charge < -0.3 is 10.1 Å². The first-order chi connectivity index (χ1) is 12.1. The molecule has 0 fully saturated rings. The van der Waals surface area contributed by atoms with Crippen LogP contribution in [0.25, 0.3) is 9.88 Å². The fourth-order valence-electron chi connectivity index (χ4n) is 2.00. The van der Waals surface area contributed by atoms with Gasteiger partial charge in [0.2, 0.25) is 0 Å². The molecule has 1 aromatic carbocycles. The van der Waals surface area contributed by atoms with Crippen LogP contribution in [0.1, 0.15) is 5.69 Å². The van der Waals surface area contributed by atoms with Gasteiger partial charge in [-0.05, 0) is 46.2 Å². The van der Waals surface area contributed by atoms with E-state index in [0.717, 1.165) is 13.5 Å². The lowest BCUT2D eigenvalue weighted by atomic mass is 10.3. The Morgan fingerprint density at radius 2 is 2.00 bits per heavy atom. The van der Waals surface area contributed by atoms with Crippen molar-refractivity contribution in [3.05, 3.63) is 56.4 Å². The Kier molecular flexibility index (Phi) is 6.16. The first kappa shape index (κ1) is 18.0. The minimum absolute atomic E-state index is 0.0536. The number of hydrogen-bond donors (Lipinski definition) is 1. The third-order valence-electron chi connectivity index (χ3n) is 3.12. The molecule has 0 spiro atoms. The number of esters is 1. The molecule has 0 aliphatic heterocycles. The largest absolute Gasteiger partial charge is 0.455 e. The van der Waals surface area contributed by atoms with Crippen molar-refractivity contribution in [3.63, 3.8) is 0 Å². The number of ether oxygens (including phenoxy) is 1. The van der Waals surface area contributed by atoms with Crippen LogP contribution < -0.4 is 5.32 Å². The predicted molar refractivity (Wildman–Crippen MR) is 108 cm³/mol. The molecule has 5 nitrogen and oxygen atoms in total. The van der Waals surface area contributed by atoms with Crippen molar-refractivity contribution in [1.29, 1.82) is 0 Å². The van der Waals surface area contributed by atoms with Gasteiger partial charge in [0.15, 0.2) is 6.61 Å². The van der Waals surface area contributed by atoms with Crippen LogP contribution in [-0.4, -0.2) is 23.5 Å². The van der Waals surface area contributed by atoms with Gasteiger partial charge in [-0.15, -0.1) is 22.7 Å². The predicted octanol–water partition coefficient (Wildman–Crippen LogP) is 4.20. The molecule has 8 heteroatoms. The van der Waals surface area contributed by atoms with E-state index in [0.29, 0.717) is 11.4 Å². The molecule has 0 aliphatic carbocycles. The van der Waals surface area contributed by atoms with Gasteiger partial charge in [0.25, 0.3) is 5.91 Å². The second-order valence-electron chi connectivity index (χ2n) is 4.99. The molecule has 1 N–H and O–H groups in total. The summed E-state index contributed by atoms with van der Waals surface area (Å²) in [5, 5.41) is 7.42. The molecule has 3 rings (SSSR count). The molecule has 25 heavy (non-hydrogen) atoms. The Morgan fingerprint density at radius 3 is 2.76 bits per heavy atom. The number of carbonyl (C=O) groups is 2. The van der Waals surface area contributed by atoms with E-state index in [-0.39, 0.29) is 18.9 Å². The number of amides is 1. The Hall–Kier alpha value is -1.78. The van der Waals surface area contributed by atoms with E-state index < -0.39 is 5.97 Å². The van der Waals surface area contributed by atoms with Crippen LogP contribution in [0, 0.1) is 3.57 Å². The number of nitrogens with one attached hydrogen (secondary N) is 1. The summed E-state index contributed by atoms with van der Waals surface area (Å²) >= 11 is 5.22. The van der Waals surface area contributed by atoms with Crippen LogP contribution >= 0.6 is 45.3 Å². The zero-order valence-corrected chi connectivity index (χ0v) is 16.7. The fraction of sp³-hybridized carbons (Fsp3) is 0.118. The maximum absolute atomic E-state index is 11.9. The zero-order chi connectivity index (χ0) is 17.6. The first-order valence-electron chi connectivity index (χ1n) is 7.30. The minimum Gasteiger partial charge on any atom is -0.455 e. The average Bonchev–Trinajstić information content (AvgIpc) is 3.26. The van der Waals surface area contributed by atoms with Gasteiger partial charge in [-0.1, -0.05) is 18.2 Å². The molecule has 0 saturated carbocycles. The van der Waals surface area contributed by atoms with Gasteiger partial charge in [0.1, 0.15) is 5.01 Å². The van der Waals surface area contributed by atoms with Crippen LogP contribution in [0.2, 0.25) is 0 Å². The quantitative estimate of drug-likeness (QED) is 0.421. The zero-order valence-electron chi connectivity index (χ0n) is 12.9. The van der Waals surface area contributed by atoms with E-state index in [1.54, 1.807) is 17.4 Å². The van der Waals surface area contributed by atoms with Crippen molar-refractivity contribution >= 4 is 62.8 Å². The molecule has 0 atom stereocenters. The molecule has 0 bridgehead atoms. The number of aromatic nitrogens is 1. The highest BCUT2D eigenvalue weighted by atomic mass is 127. The molecular weight excluding hydrogens is 471 g/mol. The molecule has 3 aromatic rings. The van der Waals surface area contributed by atoms with E-state index in [1.807, 2.05) is 41.1 Å². The van der Waals surface area contributed by atoms with Gasteiger partial charge in [0, 0.05) is 8.95 Å². The van der Waals surface area contributed by atoms with Crippen LogP contribution in [0.5, 0.6) is 0 Å². The highest BCUT2D eigenvalue weighted by Crippen LogP contribution is 2.27. The summed E-state index contributed by atoms with van der Waals surface area (Å²) in [6, 6.07) is 11.3. The summed E-state index contributed by atoms with van der Waals surface area (Å²) < 4.78 is 5.95. The standard InChI is InChI=1S/C17H13IN2O3S2/c18-12-4-1-2-5-13(12)20-15(21)9-23-16(22)8-11-10-25-17(19-11)14-6-3-7-24-14/h1-7,10H,8-9H2,(H,20,21). The van der Waals surface area contributed by atoms with Crippen molar-refractivity contribution < 1.29 is 14.3 Å². The number of rotatable bonds is 6. The lowest BCUT2D eigenvalue weighted by Gasteiger charge is -2.07. The topological polar surface area (TPSA) is 68.3 Å². The van der Waals surface area contributed by atoms with Crippen molar-refractivity contribution in [2.45, 2.75) is 6.42 Å². The van der Waals surface area contributed by atoms with Gasteiger partial charge >= 0.3 is 5.97 Å². The number of thiophene rings is 1. The lowest BCUT2D eigenvalue weighted by molar-refractivity contribution is -0.146. The Balaban J connectivity index is 1.48. The molecule has 0 radical (unpaired) electrons. The molecule has 128 valence electrons. The molecule has 2 heterocycles. The number of benzene rings is 1. The highest BCUT2D eigenvalue weighted by Gasteiger charge is 2.13. The Labute approximate surface area is 166 Å². The SMILES string of the molecule is O=C(COC(=O)Cc1csc(-c2cccs2)n1)Nc1ccccc1I. The summed E-state index contributed by atoms with van der Waals surface area (Å²) in [6.45, 7) is -0.314. The van der Waals surface area contributed by atoms with Gasteiger partial charge in [-0.2, -0.15) is 0 Å². The third kappa shape index (κ3) is 5.10. The summed E-state index contributed by atoms with van der Waals surface area (Å²) in [6.07, 6.45) is 0.0536. The third-order valence-corrected chi connectivity index (χ3v) is 5.99. The van der Waals surface area contributed by atoms with Crippen molar-refractivity contribution in [2.24, 2.45) is 0 Å². The minimum atomic E-state index is -0.471. The van der Waals surface area contributed by atoms with E-state index >= 15 is 0 Å². The maximum Gasteiger partial charge on any atom is 0.312 e. The average molecular weight is 484 g/mol. The molecule has 0 unspecified atom stereocenters. The second kappa shape index (κ2) is 8.54. The van der Waals surface area contributed by atoms with E-state index in [2.05, 4.69) is 32.9 Å². The highest BCUT2D eigenvalue weighted by molar-refractivity contribution is 14.1. The Bertz CT molecular complexity index is 878. The summed E-state index contributed by atoms with van der Waals surface area (Å²) in [5.41, 5.74) is 1.35. The van der Waals surface area contributed by atoms with Crippen LogP contribution in [-0.2, 0) is 20.7 Å². The lowest BCUT2D eigenvalue weighted by Crippen LogP contribution is -2.22. The molecule has 0 aliphatic rings. The van der Waals surface area contributed by atoms with Crippen LogP contribution in [0.4, 0.5) is 5.69 Å². The number of carbonyl (C=O) groups excluding carboxylic acids is 2. The number of halogens is 1. The summed E-state index contributed by atoms with van der Waals surface area (Å²) in [4.78, 5) is 29.3. The summed E-state index contributed by atoms with van der Waals surface area (Å²) in [5.74, 6) is -0.837. The monoisotopic (exact) mass is 484 g/mol.